The van der Waals surface area contributed by atoms with Gasteiger partial charge < -0.3 is 14.7 Å². The van der Waals surface area contributed by atoms with Gasteiger partial charge in [0.25, 0.3) is 0 Å². The van der Waals surface area contributed by atoms with Crippen LogP contribution in [0.15, 0.2) is 23.1 Å². The Morgan fingerprint density at radius 3 is 2.83 bits per heavy atom. The molecule has 1 aliphatic rings. The van der Waals surface area contributed by atoms with Gasteiger partial charge in [0.05, 0.1) is 22.8 Å². The number of likely N-dealkylation sites (tertiary alicyclic amines) is 1. The molecule has 1 aromatic carbocycles. The number of hydrogen-bond acceptors (Lipinski definition) is 5. The van der Waals surface area contributed by atoms with Gasteiger partial charge in [0.1, 0.15) is 5.75 Å². The monoisotopic (exact) mass is 375 g/mol. The maximum Gasteiger partial charge on any atom is 0.223 e. The third-order valence-electron chi connectivity index (χ3n) is 4.20. The minimum Gasteiger partial charge on any atom is -0.495 e. The Hall–Kier alpha value is -1.31. The predicted molar refractivity (Wildman–Crippen MR) is 91.1 cm³/mol. The van der Waals surface area contributed by atoms with E-state index in [0.29, 0.717) is 18.8 Å². The van der Waals surface area contributed by atoms with E-state index >= 15 is 0 Å². The number of carbonyl (C=O) groups is 1. The second-order valence-electron chi connectivity index (χ2n) is 5.90. The van der Waals surface area contributed by atoms with Crippen LogP contribution in [0, 0.1) is 5.92 Å². The van der Waals surface area contributed by atoms with Crippen LogP contribution in [-0.2, 0) is 14.6 Å². The minimum absolute atomic E-state index is 0.0480. The van der Waals surface area contributed by atoms with E-state index in [0.717, 1.165) is 12.8 Å². The smallest absolute Gasteiger partial charge is 0.223 e. The number of sulfone groups is 1. The highest BCUT2D eigenvalue weighted by molar-refractivity contribution is 7.91. The third-order valence-corrected chi connectivity index (χ3v) is 6.21. The number of ether oxygens (including phenoxy) is 1. The van der Waals surface area contributed by atoms with Crippen molar-refractivity contribution < 1.29 is 23.1 Å². The summed E-state index contributed by atoms with van der Waals surface area (Å²) in [6.07, 6.45) is 1.64. The molecular weight excluding hydrogens is 354 g/mol. The molecule has 1 unspecified atom stereocenters. The first-order chi connectivity index (χ1) is 11.4. The van der Waals surface area contributed by atoms with Crippen LogP contribution in [0.1, 0.15) is 19.3 Å². The Kier molecular flexibility index (Phi) is 6.48. The van der Waals surface area contributed by atoms with Gasteiger partial charge in [0, 0.05) is 26.1 Å². The average molecular weight is 376 g/mol. The fourth-order valence-corrected chi connectivity index (χ4v) is 4.35. The molecule has 24 heavy (non-hydrogen) atoms. The van der Waals surface area contributed by atoms with Crippen LogP contribution >= 0.6 is 11.6 Å². The molecule has 8 heteroatoms. The number of carbonyl (C=O) groups excluding carboxylic acids is 1. The predicted octanol–water partition coefficient (Wildman–Crippen LogP) is 1.74. The molecule has 1 aliphatic heterocycles. The van der Waals surface area contributed by atoms with Crippen molar-refractivity contribution in [1.82, 2.24) is 4.90 Å². The molecule has 0 aliphatic carbocycles. The van der Waals surface area contributed by atoms with Crippen LogP contribution < -0.4 is 4.74 Å². The fraction of sp³-hybridized carbons (Fsp3) is 0.562. The highest BCUT2D eigenvalue weighted by Gasteiger charge is 2.25. The zero-order valence-corrected chi connectivity index (χ0v) is 15.1. The van der Waals surface area contributed by atoms with Crippen LogP contribution in [0.5, 0.6) is 5.75 Å². The summed E-state index contributed by atoms with van der Waals surface area (Å²) in [5, 5.41) is 9.43. The Morgan fingerprint density at radius 2 is 2.21 bits per heavy atom. The van der Waals surface area contributed by atoms with E-state index in [-0.39, 0.29) is 40.5 Å². The first-order valence-corrected chi connectivity index (χ1v) is 9.85. The van der Waals surface area contributed by atoms with Gasteiger partial charge >= 0.3 is 0 Å². The zero-order valence-electron chi connectivity index (χ0n) is 13.6. The molecule has 0 saturated carbocycles. The zero-order chi connectivity index (χ0) is 17.7. The lowest BCUT2D eigenvalue weighted by Crippen LogP contribution is -2.41. The molecule has 134 valence electrons. The minimum atomic E-state index is -3.60. The van der Waals surface area contributed by atoms with E-state index < -0.39 is 9.84 Å². The Bertz CT molecular complexity index is 692. The maximum absolute atomic E-state index is 12.4. The molecule has 1 aromatic rings. The van der Waals surface area contributed by atoms with Crippen molar-refractivity contribution in [2.45, 2.75) is 24.2 Å². The molecule has 6 nitrogen and oxygen atoms in total. The number of nitrogens with zero attached hydrogens (tertiary/aromatic N) is 1. The standard InChI is InChI=1S/C16H22ClNO5S/c1-23-15-5-4-13(9-14(15)17)24(21,22)8-6-16(20)18-7-2-3-12(10-18)11-19/h4-5,9,12,19H,2-3,6-8,10-11H2,1H3. The lowest BCUT2D eigenvalue weighted by atomic mass is 9.99. The molecule has 0 radical (unpaired) electrons. The van der Waals surface area contributed by atoms with Crippen LogP contribution in [0.4, 0.5) is 0 Å². The normalized spacial score (nSPS) is 18.5. The Labute approximate surface area is 147 Å². The summed E-state index contributed by atoms with van der Waals surface area (Å²) < 4.78 is 29.8. The van der Waals surface area contributed by atoms with E-state index in [1.165, 1.54) is 25.3 Å². The number of halogens is 1. The van der Waals surface area contributed by atoms with Gasteiger partial charge in [-0.1, -0.05) is 11.6 Å². The first kappa shape index (κ1) is 19.0. The molecule has 0 bridgehead atoms. The van der Waals surface area contributed by atoms with Gasteiger partial charge in [-0.05, 0) is 37.0 Å². The highest BCUT2D eigenvalue weighted by Crippen LogP contribution is 2.27. The lowest BCUT2D eigenvalue weighted by molar-refractivity contribution is -0.132. The van der Waals surface area contributed by atoms with E-state index in [4.69, 9.17) is 16.3 Å². The summed E-state index contributed by atoms with van der Waals surface area (Å²) in [5.74, 6) is 0.0144. The Morgan fingerprint density at radius 1 is 1.46 bits per heavy atom. The number of amides is 1. The summed E-state index contributed by atoms with van der Waals surface area (Å²) in [6, 6.07) is 4.25. The number of benzene rings is 1. The summed E-state index contributed by atoms with van der Waals surface area (Å²) in [5.41, 5.74) is 0. The molecule has 2 rings (SSSR count). The van der Waals surface area contributed by atoms with Crippen LogP contribution in [0.2, 0.25) is 5.02 Å². The lowest BCUT2D eigenvalue weighted by Gasteiger charge is -2.31. The molecule has 1 heterocycles. The quantitative estimate of drug-likeness (QED) is 0.818. The van der Waals surface area contributed by atoms with Gasteiger partial charge in [-0.2, -0.15) is 0 Å². The van der Waals surface area contributed by atoms with E-state index in [1.807, 2.05) is 0 Å². The molecule has 0 spiro atoms. The molecule has 0 aromatic heterocycles. The Balaban J connectivity index is 1.99. The van der Waals surface area contributed by atoms with Gasteiger partial charge in [0.15, 0.2) is 9.84 Å². The number of aliphatic hydroxyl groups excluding tert-OH is 1. The van der Waals surface area contributed by atoms with Crippen molar-refractivity contribution in [2.24, 2.45) is 5.92 Å². The van der Waals surface area contributed by atoms with Crippen LogP contribution in [0.3, 0.4) is 0 Å². The van der Waals surface area contributed by atoms with Crippen molar-refractivity contribution in [3.8, 4) is 5.75 Å². The number of aliphatic hydroxyl groups is 1. The van der Waals surface area contributed by atoms with Crippen molar-refractivity contribution in [3.63, 3.8) is 0 Å². The summed E-state index contributed by atoms with van der Waals surface area (Å²) in [7, 11) is -2.15. The first-order valence-electron chi connectivity index (χ1n) is 7.82. The number of methoxy groups -OCH3 is 1. The maximum atomic E-state index is 12.4. The second kappa shape index (κ2) is 8.18. The van der Waals surface area contributed by atoms with E-state index in [2.05, 4.69) is 0 Å². The van der Waals surface area contributed by atoms with Gasteiger partial charge in [-0.15, -0.1) is 0 Å². The molecule has 1 amide bonds. The van der Waals surface area contributed by atoms with Crippen molar-refractivity contribution in [1.29, 1.82) is 0 Å². The van der Waals surface area contributed by atoms with Gasteiger partial charge in [-0.25, -0.2) is 8.42 Å². The molecule has 1 N–H and O–H groups in total. The summed E-state index contributed by atoms with van der Waals surface area (Å²) in [4.78, 5) is 14.0. The van der Waals surface area contributed by atoms with Crippen molar-refractivity contribution in [3.05, 3.63) is 23.2 Å². The number of piperidine rings is 1. The number of rotatable bonds is 6. The summed E-state index contributed by atoms with van der Waals surface area (Å²) >= 11 is 5.96. The van der Waals surface area contributed by atoms with Gasteiger partial charge in [0.2, 0.25) is 5.91 Å². The molecule has 1 atom stereocenters. The van der Waals surface area contributed by atoms with Crippen LogP contribution in [0.25, 0.3) is 0 Å². The highest BCUT2D eigenvalue weighted by atomic mass is 35.5. The van der Waals surface area contributed by atoms with E-state index in [9.17, 15) is 18.3 Å². The fourth-order valence-electron chi connectivity index (χ4n) is 2.78. The largest absolute Gasteiger partial charge is 0.495 e. The number of hydrogen-bond donors (Lipinski definition) is 1. The van der Waals surface area contributed by atoms with Crippen LogP contribution in [-0.4, -0.2) is 56.9 Å². The topological polar surface area (TPSA) is 83.9 Å². The van der Waals surface area contributed by atoms with Crippen molar-refractivity contribution in [2.75, 3.05) is 32.6 Å². The molecule has 1 fully saturated rings. The second-order valence-corrected chi connectivity index (χ2v) is 8.41. The van der Waals surface area contributed by atoms with Crippen molar-refractivity contribution >= 4 is 27.3 Å². The summed E-state index contributed by atoms with van der Waals surface area (Å²) in [6.45, 7) is 1.15. The van der Waals surface area contributed by atoms with E-state index in [1.54, 1.807) is 4.90 Å². The SMILES string of the molecule is COc1ccc(S(=O)(=O)CCC(=O)N2CCCC(CO)C2)cc1Cl. The molecule has 1 saturated heterocycles. The average Bonchev–Trinajstić information content (AvgIpc) is 2.59. The van der Waals surface area contributed by atoms with Gasteiger partial charge in [-0.3, -0.25) is 4.79 Å². The molecular formula is C16H22ClNO5S. The third kappa shape index (κ3) is 4.62.